The summed E-state index contributed by atoms with van der Waals surface area (Å²) in [5.41, 5.74) is 1.62. The molecule has 0 atom stereocenters. The van der Waals surface area contributed by atoms with Crippen LogP contribution in [-0.2, 0) is 0 Å². The Balaban J connectivity index is 1.94. The maximum Gasteiger partial charge on any atom is 0.294 e. The molecule has 0 aliphatic carbocycles. The van der Waals surface area contributed by atoms with Gasteiger partial charge >= 0.3 is 0 Å². The summed E-state index contributed by atoms with van der Waals surface area (Å²) in [4.78, 5) is 17.5. The second kappa shape index (κ2) is 8.42. The van der Waals surface area contributed by atoms with Gasteiger partial charge in [0, 0.05) is 57.4 Å². The van der Waals surface area contributed by atoms with Crippen LogP contribution in [0, 0.1) is 10.1 Å². The summed E-state index contributed by atoms with van der Waals surface area (Å²) in [6.07, 6.45) is 5.04. The van der Waals surface area contributed by atoms with Crippen LogP contribution in [0.5, 0.6) is 0 Å². The average molecular weight is 333 g/mol. The predicted octanol–water partition coefficient (Wildman–Crippen LogP) is 2.92. The summed E-state index contributed by atoms with van der Waals surface area (Å²) in [7, 11) is 2.04. The summed E-state index contributed by atoms with van der Waals surface area (Å²) in [6, 6.07) is 5.42. The summed E-state index contributed by atoms with van der Waals surface area (Å²) >= 11 is 0. The SMILES string of the molecule is CCN(CC)c1ccc(NCCCN2C=CN(C)C2)c([N+](=O)[O-])c1. The lowest BCUT2D eigenvalue weighted by molar-refractivity contribution is -0.383. The number of benzene rings is 1. The van der Waals surface area contributed by atoms with Crippen molar-refractivity contribution in [3.63, 3.8) is 0 Å². The molecule has 2 rings (SSSR count). The van der Waals surface area contributed by atoms with Gasteiger partial charge in [-0.05, 0) is 32.4 Å². The fourth-order valence-electron chi connectivity index (χ4n) is 2.85. The Morgan fingerprint density at radius 2 is 2.04 bits per heavy atom. The smallest absolute Gasteiger partial charge is 0.294 e. The van der Waals surface area contributed by atoms with Crippen LogP contribution < -0.4 is 10.2 Å². The third kappa shape index (κ3) is 4.53. The van der Waals surface area contributed by atoms with E-state index in [0.717, 1.165) is 38.4 Å². The molecule has 1 aliphatic heterocycles. The number of nitro benzene ring substituents is 1. The molecule has 7 heteroatoms. The van der Waals surface area contributed by atoms with Crippen LogP contribution in [0.25, 0.3) is 0 Å². The van der Waals surface area contributed by atoms with Crippen LogP contribution in [0.4, 0.5) is 17.1 Å². The molecule has 0 unspecified atom stereocenters. The molecular formula is C17H27N5O2. The van der Waals surface area contributed by atoms with Crippen molar-refractivity contribution in [2.45, 2.75) is 20.3 Å². The minimum atomic E-state index is -0.312. The van der Waals surface area contributed by atoms with E-state index in [-0.39, 0.29) is 10.6 Å². The van der Waals surface area contributed by atoms with E-state index in [0.29, 0.717) is 12.2 Å². The summed E-state index contributed by atoms with van der Waals surface area (Å²) in [5.74, 6) is 0. The van der Waals surface area contributed by atoms with Crippen molar-refractivity contribution < 1.29 is 4.92 Å². The molecule has 0 radical (unpaired) electrons. The van der Waals surface area contributed by atoms with E-state index in [2.05, 4.69) is 26.2 Å². The number of hydrogen-bond donors (Lipinski definition) is 1. The summed E-state index contributed by atoms with van der Waals surface area (Å²) in [6.45, 7) is 8.30. The Bertz CT molecular complexity index is 586. The van der Waals surface area contributed by atoms with Crippen molar-refractivity contribution in [2.75, 3.05) is 50.1 Å². The van der Waals surface area contributed by atoms with Gasteiger partial charge in [-0.1, -0.05) is 0 Å². The lowest BCUT2D eigenvalue weighted by atomic mass is 10.2. The molecule has 1 N–H and O–H groups in total. The zero-order valence-electron chi connectivity index (χ0n) is 14.7. The Morgan fingerprint density at radius 3 is 2.62 bits per heavy atom. The number of hydrogen-bond acceptors (Lipinski definition) is 6. The van der Waals surface area contributed by atoms with Gasteiger partial charge in [0.25, 0.3) is 5.69 Å². The maximum atomic E-state index is 11.4. The van der Waals surface area contributed by atoms with E-state index in [4.69, 9.17) is 0 Å². The molecule has 1 aromatic rings. The quantitative estimate of drug-likeness (QED) is 0.426. The second-order valence-corrected chi connectivity index (χ2v) is 5.92. The molecule has 0 amide bonds. The van der Waals surface area contributed by atoms with Gasteiger partial charge in [0.1, 0.15) is 5.69 Å². The fourth-order valence-corrected chi connectivity index (χ4v) is 2.85. The van der Waals surface area contributed by atoms with Gasteiger partial charge in [0.15, 0.2) is 0 Å². The molecule has 0 saturated heterocycles. The molecule has 1 heterocycles. The van der Waals surface area contributed by atoms with Crippen molar-refractivity contribution in [3.8, 4) is 0 Å². The lowest BCUT2D eigenvalue weighted by Crippen LogP contribution is -2.24. The highest BCUT2D eigenvalue weighted by Gasteiger charge is 2.16. The van der Waals surface area contributed by atoms with Gasteiger partial charge in [0.05, 0.1) is 11.6 Å². The van der Waals surface area contributed by atoms with Crippen LogP contribution in [0.15, 0.2) is 30.6 Å². The van der Waals surface area contributed by atoms with E-state index < -0.39 is 0 Å². The van der Waals surface area contributed by atoms with Gasteiger partial charge in [-0.15, -0.1) is 0 Å². The standard InChI is InChI=1S/C17H27N5O2/c1-4-21(5-2)15-7-8-16(17(13-15)22(23)24)18-9-6-10-20-12-11-19(3)14-20/h7-8,11-13,18H,4-6,9-10,14H2,1-3H3. The molecule has 1 aliphatic rings. The maximum absolute atomic E-state index is 11.4. The van der Waals surface area contributed by atoms with Crippen molar-refractivity contribution in [3.05, 3.63) is 40.7 Å². The molecule has 0 aromatic heterocycles. The Morgan fingerprint density at radius 1 is 1.29 bits per heavy atom. The number of nitrogens with one attached hydrogen (secondary N) is 1. The van der Waals surface area contributed by atoms with E-state index in [1.165, 1.54) is 0 Å². The second-order valence-electron chi connectivity index (χ2n) is 5.92. The first-order valence-corrected chi connectivity index (χ1v) is 8.45. The molecule has 0 fully saturated rings. The monoisotopic (exact) mass is 333 g/mol. The number of nitrogens with zero attached hydrogens (tertiary/aromatic N) is 4. The van der Waals surface area contributed by atoms with Crippen LogP contribution in [0.1, 0.15) is 20.3 Å². The van der Waals surface area contributed by atoms with Crippen LogP contribution in [0.2, 0.25) is 0 Å². The first-order valence-electron chi connectivity index (χ1n) is 8.45. The molecule has 1 aromatic carbocycles. The van der Waals surface area contributed by atoms with Gasteiger partial charge in [-0.3, -0.25) is 10.1 Å². The van der Waals surface area contributed by atoms with Crippen molar-refractivity contribution in [1.82, 2.24) is 9.80 Å². The fraction of sp³-hybridized carbons (Fsp3) is 0.529. The van der Waals surface area contributed by atoms with Crippen LogP contribution >= 0.6 is 0 Å². The van der Waals surface area contributed by atoms with Crippen molar-refractivity contribution in [1.29, 1.82) is 0 Å². The van der Waals surface area contributed by atoms with E-state index in [1.807, 2.05) is 39.2 Å². The Hall–Kier alpha value is -2.44. The highest BCUT2D eigenvalue weighted by atomic mass is 16.6. The summed E-state index contributed by atoms with van der Waals surface area (Å²) < 4.78 is 0. The van der Waals surface area contributed by atoms with E-state index in [9.17, 15) is 10.1 Å². The lowest BCUT2D eigenvalue weighted by Gasteiger charge is -2.21. The van der Waals surface area contributed by atoms with E-state index >= 15 is 0 Å². The topological polar surface area (TPSA) is 64.9 Å². The minimum absolute atomic E-state index is 0.139. The Labute approximate surface area is 143 Å². The molecule has 24 heavy (non-hydrogen) atoms. The van der Waals surface area contributed by atoms with Gasteiger partial charge in [-0.25, -0.2) is 0 Å². The van der Waals surface area contributed by atoms with Crippen molar-refractivity contribution >= 4 is 17.1 Å². The highest BCUT2D eigenvalue weighted by molar-refractivity contribution is 5.68. The van der Waals surface area contributed by atoms with Gasteiger partial charge < -0.3 is 20.0 Å². The van der Waals surface area contributed by atoms with Crippen molar-refractivity contribution in [2.24, 2.45) is 0 Å². The zero-order valence-corrected chi connectivity index (χ0v) is 14.7. The normalized spacial score (nSPS) is 13.5. The minimum Gasteiger partial charge on any atom is -0.379 e. The van der Waals surface area contributed by atoms with Gasteiger partial charge in [0.2, 0.25) is 0 Å². The number of rotatable bonds is 9. The molecule has 0 spiro atoms. The van der Waals surface area contributed by atoms with Crippen LogP contribution in [0.3, 0.4) is 0 Å². The Kier molecular flexibility index (Phi) is 6.28. The van der Waals surface area contributed by atoms with Gasteiger partial charge in [-0.2, -0.15) is 0 Å². The molecular weight excluding hydrogens is 306 g/mol. The van der Waals surface area contributed by atoms with E-state index in [1.54, 1.807) is 6.07 Å². The third-order valence-corrected chi connectivity index (χ3v) is 4.18. The molecule has 7 nitrogen and oxygen atoms in total. The largest absolute Gasteiger partial charge is 0.379 e. The molecule has 0 saturated carbocycles. The third-order valence-electron chi connectivity index (χ3n) is 4.18. The first kappa shape index (κ1) is 17.9. The number of nitro groups is 1. The number of anilines is 2. The summed E-state index contributed by atoms with van der Waals surface area (Å²) in [5, 5.41) is 14.6. The average Bonchev–Trinajstić information content (AvgIpc) is 2.98. The van der Waals surface area contributed by atoms with Crippen LogP contribution in [-0.4, -0.2) is 54.6 Å². The first-order chi connectivity index (χ1) is 11.5. The molecule has 0 bridgehead atoms. The molecule has 132 valence electrons. The zero-order chi connectivity index (χ0) is 17.5. The highest BCUT2D eigenvalue weighted by Crippen LogP contribution is 2.29. The predicted molar refractivity (Wildman–Crippen MR) is 98.2 cm³/mol.